The lowest BCUT2D eigenvalue weighted by Crippen LogP contribution is -2.40. The van der Waals surface area contributed by atoms with Crippen molar-refractivity contribution in [1.82, 2.24) is 4.98 Å². The number of piperidine rings is 1. The molecule has 0 amide bonds. The first-order valence-electron chi connectivity index (χ1n) is 7.18. The van der Waals surface area contributed by atoms with E-state index in [1.54, 1.807) is 6.92 Å². The molecule has 1 saturated heterocycles. The van der Waals surface area contributed by atoms with Crippen molar-refractivity contribution in [3.8, 4) is 0 Å². The van der Waals surface area contributed by atoms with Crippen LogP contribution in [0, 0.1) is 12.7 Å². The maximum Gasteiger partial charge on any atom is 0.338 e. The van der Waals surface area contributed by atoms with E-state index in [1.807, 2.05) is 0 Å². The lowest BCUT2D eigenvalue weighted by molar-refractivity contribution is 0.0699. The van der Waals surface area contributed by atoms with E-state index >= 15 is 0 Å². The van der Waals surface area contributed by atoms with Crippen molar-refractivity contribution in [2.45, 2.75) is 25.7 Å². The van der Waals surface area contributed by atoms with Crippen LogP contribution in [0.2, 0.25) is 0 Å². The van der Waals surface area contributed by atoms with Crippen molar-refractivity contribution in [3.05, 3.63) is 34.8 Å². The van der Waals surface area contributed by atoms with E-state index < -0.39 is 11.8 Å². The van der Waals surface area contributed by atoms with Crippen molar-refractivity contribution in [1.29, 1.82) is 0 Å². The fourth-order valence-corrected chi connectivity index (χ4v) is 3.70. The molecule has 4 heterocycles. The number of aryl methyl sites for hydroxylation is 1. The molecule has 0 aliphatic carbocycles. The van der Waals surface area contributed by atoms with Crippen LogP contribution in [0.1, 0.15) is 40.4 Å². The number of anilines is 1. The third-order valence-corrected chi connectivity index (χ3v) is 4.66. The summed E-state index contributed by atoms with van der Waals surface area (Å²) in [4.78, 5) is 18.6. The molecule has 0 saturated carbocycles. The standard InChI is InChI=1S/C16H15FN2O2/c1-8-6-10(17)7-11-12(16(20)21)15-14(18-13(8)11)9-2-4-19(15)5-3-9/h6-7,9H,2-5H2,1H3,(H,20,21). The molecular formula is C16H15FN2O2. The van der Waals surface area contributed by atoms with Gasteiger partial charge in [0.25, 0.3) is 0 Å². The SMILES string of the molecule is Cc1cc(F)cc2c(C(=O)O)c3c(nc12)C1CCN3CC1. The molecule has 3 aliphatic rings. The first kappa shape index (κ1) is 12.6. The van der Waals surface area contributed by atoms with Crippen molar-refractivity contribution in [2.75, 3.05) is 18.0 Å². The monoisotopic (exact) mass is 286 g/mol. The van der Waals surface area contributed by atoms with Gasteiger partial charge in [-0.05, 0) is 37.5 Å². The Kier molecular flexibility index (Phi) is 2.49. The minimum absolute atomic E-state index is 0.210. The van der Waals surface area contributed by atoms with E-state index in [-0.39, 0.29) is 5.56 Å². The number of hydrogen-bond acceptors (Lipinski definition) is 3. The van der Waals surface area contributed by atoms with Crippen molar-refractivity contribution in [3.63, 3.8) is 0 Å². The van der Waals surface area contributed by atoms with Gasteiger partial charge in [-0.1, -0.05) is 0 Å². The Morgan fingerprint density at radius 3 is 2.76 bits per heavy atom. The second kappa shape index (κ2) is 4.16. The lowest BCUT2D eigenvalue weighted by Gasteiger charge is -2.42. The van der Waals surface area contributed by atoms with E-state index in [0.717, 1.165) is 31.6 Å². The number of halogens is 1. The molecule has 108 valence electrons. The van der Waals surface area contributed by atoms with Gasteiger partial charge in [0.05, 0.1) is 22.5 Å². The zero-order valence-electron chi connectivity index (χ0n) is 11.7. The molecule has 2 aromatic rings. The smallest absolute Gasteiger partial charge is 0.338 e. The van der Waals surface area contributed by atoms with Crippen LogP contribution in [-0.2, 0) is 0 Å². The summed E-state index contributed by atoms with van der Waals surface area (Å²) in [5, 5.41) is 10.1. The third kappa shape index (κ3) is 1.66. The highest BCUT2D eigenvalue weighted by Gasteiger charge is 2.36. The van der Waals surface area contributed by atoms with E-state index in [4.69, 9.17) is 4.98 Å². The van der Waals surface area contributed by atoms with E-state index in [2.05, 4.69) is 4.90 Å². The minimum atomic E-state index is -1.00. The highest BCUT2D eigenvalue weighted by atomic mass is 19.1. The third-order valence-electron chi connectivity index (χ3n) is 4.66. The first-order valence-corrected chi connectivity index (χ1v) is 7.18. The van der Waals surface area contributed by atoms with Gasteiger partial charge >= 0.3 is 5.97 Å². The second-order valence-corrected chi connectivity index (χ2v) is 5.91. The molecule has 2 bridgehead atoms. The van der Waals surface area contributed by atoms with Crippen LogP contribution in [0.5, 0.6) is 0 Å². The molecule has 0 atom stereocenters. The van der Waals surface area contributed by atoms with Gasteiger partial charge in [-0.2, -0.15) is 0 Å². The van der Waals surface area contributed by atoms with Gasteiger partial charge in [0, 0.05) is 24.4 Å². The number of benzene rings is 1. The number of pyridine rings is 1. The number of carbonyl (C=O) groups is 1. The van der Waals surface area contributed by atoms with Crippen LogP contribution in [-0.4, -0.2) is 29.1 Å². The number of fused-ring (bicyclic) bond motifs is 3. The topological polar surface area (TPSA) is 53.4 Å². The molecule has 0 spiro atoms. The fraction of sp³-hybridized carbons (Fsp3) is 0.375. The van der Waals surface area contributed by atoms with Gasteiger partial charge in [-0.15, -0.1) is 0 Å². The molecule has 1 N–H and O–H groups in total. The second-order valence-electron chi connectivity index (χ2n) is 5.91. The summed E-state index contributed by atoms with van der Waals surface area (Å²) in [6.45, 7) is 3.50. The van der Waals surface area contributed by atoms with Crippen LogP contribution in [0.25, 0.3) is 10.9 Å². The molecule has 21 heavy (non-hydrogen) atoms. The fourth-order valence-electron chi connectivity index (χ4n) is 3.70. The molecule has 1 aromatic carbocycles. The Morgan fingerprint density at radius 2 is 2.10 bits per heavy atom. The maximum absolute atomic E-state index is 13.7. The molecule has 4 nitrogen and oxygen atoms in total. The van der Waals surface area contributed by atoms with Crippen molar-refractivity contribution < 1.29 is 14.3 Å². The number of aromatic nitrogens is 1. The molecule has 5 rings (SSSR count). The van der Waals surface area contributed by atoms with Gasteiger partial charge in [0.2, 0.25) is 0 Å². The summed E-state index contributed by atoms with van der Waals surface area (Å²) in [7, 11) is 0. The summed E-state index contributed by atoms with van der Waals surface area (Å²) < 4.78 is 13.7. The summed E-state index contributed by atoms with van der Waals surface area (Å²) >= 11 is 0. The first-order chi connectivity index (χ1) is 10.1. The molecule has 5 heteroatoms. The Morgan fingerprint density at radius 1 is 1.38 bits per heavy atom. The normalized spacial score (nSPS) is 17.3. The highest BCUT2D eigenvalue weighted by molar-refractivity contribution is 6.09. The quantitative estimate of drug-likeness (QED) is 0.875. The highest BCUT2D eigenvalue weighted by Crippen LogP contribution is 2.45. The van der Waals surface area contributed by atoms with Gasteiger partial charge in [0.15, 0.2) is 0 Å². The molecule has 1 fully saturated rings. The molecule has 0 unspecified atom stereocenters. The Hall–Kier alpha value is -2.17. The van der Waals surface area contributed by atoms with Gasteiger partial charge in [0.1, 0.15) is 5.82 Å². The summed E-state index contributed by atoms with van der Waals surface area (Å²) in [6, 6.07) is 2.71. The predicted octanol–water partition coefficient (Wildman–Crippen LogP) is 3.08. The largest absolute Gasteiger partial charge is 0.478 e. The molecule has 1 aromatic heterocycles. The van der Waals surface area contributed by atoms with E-state index in [9.17, 15) is 14.3 Å². The number of hydrogen-bond donors (Lipinski definition) is 1. The zero-order chi connectivity index (χ0) is 14.7. The lowest BCUT2D eigenvalue weighted by atomic mass is 9.84. The Labute approximate surface area is 121 Å². The Balaban J connectivity index is 2.17. The minimum Gasteiger partial charge on any atom is -0.478 e. The zero-order valence-corrected chi connectivity index (χ0v) is 11.7. The summed E-state index contributed by atoms with van der Waals surface area (Å²) in [6.07, 6.45) is 2.04. The average Bonchev–Trinajstić information content (AvgIpc) is 2.46. The van der Waals surface area contributed by atoms with Crippen molar-refractivity contribution in [2.24, 2.45) is 0 Å². The average molecular weight is 286 g/mol. The number of carboxylic acid groups (broad SMARTS) is 1. The van der Waals surface area contributed by atoms with Crippen LogP contribution >= 0.6 is 0 Å². The molecule has 0 radical (unpaired) electrons. The molecular weight excluding hydrogens is 271 g/mol. The number of aromatic carboxylic acids is 1. The van der Waals surface area contributed by atoms with Crippen LogP contribution in [0.15, 0.2) is 12.1 Å². The van der Waals surface area contributed by atoms with Crippen LogP contribution in [0.3, 0.4) is 0 Å². The van der Waals surface area contributed by atoms with Crippen molar-refractivity contribution >= 4 is 22.6 Å². The maximum atomic E-state index is 13.7. The van der Waals surface area contributed by atoms with Gasteiger partial charge < -0.3 is 10.0 Å². The number of nitrogens with zero attached hydrogens (tertiary/aromatic N) is 2. The number of rotatable bonds is 1. The van der Waals surface area contributed by atoms with Crippen LogP contribution < -0.4 is 4.90 Å². The molecule has 3 aliphatic heterocycles. The van der Waals surface area contributed by atoms with Gasteiger partial charge in [-0.25, -0.2) is 9.18 Å². The van der Waals surface area contributed by atoms with E-state index in [1.165, 1.54) is 12.1 Å². The predicted molar refractivity (Wildman–Crippen MR) is 77.6 cm³/mol. The number of carboxylic acids is 1. The van der Waals surface area contributed by atoms with Gasteiger partial charge in [-0.3, -0.25) is 4.98 Å². The summed E-state index contributed by atoms with van der Waals surface area (Å²) in [5.74, 6) is -1.09. The van der Waals surface area contributed by atoms with Crippen LogP contribution in [0.4, 0.5) is 10.1 Å². The summed E-state index contributed by atoms with van der Waals surface area (Å²) in [5.41, 5.74) is 3.10. The Bertz CT molecular complexity index is 780. The van der Waals surface area contributed by atoms with E-state index in [0.29, 0.717) is 28.1 Å².